The van der Waals surface area contributed by atoms with Crippen molar-refractivity contribution in [3.63, 3.8) is 0 Å². The molecule has 0 atom stereocenters. The number of rotatable bonds is 7. The van der Waals surface area contributed by atoms with Crippen LogP contribution in [0.25, 0.3) is 6.08 Å². The van der Waals surface area contributed by atoms with Gasteiger partial charge in [0.05, 0.1) is 5.56 Å². The van der Waals surface area contributed by atoms with E-state index in [0.29, 0.717) is 17.0 Å². The van der Waals surface area contributed by atoms with E-state index >= 15 is 0 Å². The van der Waals surface area contributed by atoms with Crippen molar-refractivity contribution in [1.82, 2.24) is 0 Å². The molecule has 184 valence electrons. The Morgan fingerprint density at radius 1 is 1.00 bits per heavy atom. The minimum atomic E-state index is -4.56. The van der Waals surface area contributed by atoms with Gasteiger partial charge in [-0.3, -0.25) is 9.59 Å². The maximum Gasteiger partial charge on any atom is 0.416 e. The largest absolute Gasteiger partial charge is 0.484 e. The normalized spacial score (nSPS) is 11.4. The summed E-state index contributed by atoms with van der Waals surface area (Å²) in [6.45, 7) is 3.53. The number of nitriles is 1. The number of halogens is 3. The highest BCUT2D eigenvalue weighted by atomic mass is 19.4. The number of anilines is 2. The Bertz CT molecular complexity index is 1360. The third-order valence-corrected chi connectivity index (χ3v) is 5.02. The Morgan fingerprint density at radius 3 is 2.47 bits per heavy atom. The zero-order chi connectivity index (χ0) is 26.3. The molecule has 2 amide bonds. The number of alkyl halides is 3. The summed E-state index contributed by atoms with van der Waals surface area (Å²) in [5, 5.41) is 14.5. The Kier molecular flexibility index (Phi) is 8.12. The first kappa shape index (κ1) is 26.0. The number of aryl methyl sites for hydroxylation is 2. The molecule has 0 saturated carbocycles. The van der Waals surface area contributed by atoms with Gasteiger partial charge in [0.1, 0.15) is 17.4 Å². The number of hydrogen-bond donors (Lipinski definition) is 2. The molecule has 0 radical (unpaired) electrons. The molecule has 0 spiro atoms. The maximum atomic E-state index is 12.9. The first-order valence-corrected chi connectivity index (χ1v) is 10.8. The van der Waals surface area contributed by atoms with E-state index in [1.807, 2.05) is 32.0 Å². The molecule has 0 aliphatic heterocycles. The summed E-state index contributed by atoms with van der Waals surface area (Å²) in [6.07, 6.45) is -3.29. The highest BCUT2D eigenvalue weighted by Crippen LogP contribution is 2.30. The zero-order valence-electron chi connectivity index (χ0n) is 19.4. The lowest BCUT2D eigenvalue weighted by Crippen LogP contribution is -2.20. The van der Waals surface area contributed by atoms with E-state index in [0.717, 1.165) is 29.3 Å². The maximum absolute atomic E-state index is 12.9. The fraction of sp³-hybridized carbons (Fsp3) is 0.148. The van der Waals surface area contributed by atoms with E-state index in [1.54, 1.807) is 24.3 Å². The van der Waals surface area contributed by atoms with Gasteiger partial charge in [-0.05, 0) is 73.0 Å². The molecule has 3 aromatic rings. The molecule has 0 bridgehead atoms. The van der Waals surface area contributed by atoms with Crippen LogP contribution >= 0.6 is 0 Å². The summed E-state index contributed by atoms with van der Waals surface area (Å²) < 4.78 is 44.2. The fourth-order valence-corrected chi connectivity index (χ4v) is 3.19. The van der Waals surface area contributed by atoms with Gasteiger partial charge in [-0.2, -0.15) is 18.4 Å². The third kappa shape index (κ3) is 7.21. The van der Waals surface area contributed by atoms with Crippen molar-refractivity contribution < 1.29 is 27.5 Å². The molecule has 0 saturated heterocycles. The molecule has 2 N–H and O–H groups in total. The molecule has 0 aromatic heterocycles. The van der Waals surface area contributed by atoms with Crippen LogP contribution in [-0.4, -0.2) is 18.4 Å². The van der Waals surface area contributed by atoms with Gasteiger partial charge in [-0.15, -0.1) is 0 Å². The molecule has 36 heavy (non-hydrogen) atoms. The van der Waals surface area contributed by atoms with Crippen LogP contribution in [0.3, 0.4) is 0 Å². The van der Waals surface area contributed by atoms with Crippen molar-refractivity contribution in [3.05, 3.63) is 94.6 Å². The first-order valence-electron chi connectivity index (χ1n) is 10.8. The predicted octanol–water partition coefficient (Wildman–Crippen LogP) is 5.89. The van der Waals surface area contributed by atoms with Crippen molar-refractivity contribution in [2.45, 2.75) is 20.0 Å². The average molecular weight is 493 g/mol. The van der Waals surface area contributed by atoms with Crippen LogP contribution in [0.5, 0.6) is 5.75 Å². The molecule has 0 aliphatic rings. The molecular formula is C27H22F3N3O3. The lowest BCUT2D eigenvalue weighted by Gasteiger charge is -2.11. The minimum absolute atomic E-state index is 0.0945. The number of benzene rings is 3. The number of amides is 2. The molecule has 0 aliphatic carbocycles. The Morgan fingerprint density at radius 2 is 1.75 bits per heavy atom. The molecule has 0 unspecified atom stereocenters. The standard InChI is InChI=1S/C27H22F3N3O3/c1-17-9-10-18(2)24(11-17)33-25(34)16-36-23-8-3-5-19(13-23)12-20(15-31)26(35)32-22-7-4-6-21(14-22)27(28,29)30/h3-14H,16H2,1-2H3,(H,32,35)(H,33,34)/b20-12+. The summed E-state index contributed by atoms with van der Waals surface area (Å²) in [5.74, 6) is -0.894. The molecule has 0 fully saturated rings. The molecule has 3 aromatic carbocycles. The number of nitrogens with one attached hydrogen (secondary N) is 2. The average Bonchev–Trinajstić information content (AvgIpc) is 2.83. The second-order valence-electron chi connectivity index (χ2n) is 7.93. The predicted molar refractivity (Wildman–Crippen MR) is 130 cm³/mol. The molecule has 0 heterocycles. The van der Waals surface area contributed by atoms with Gasteiger partial charge in [-0.1, -0.05) is 30.3 Å². The topological polar surface area (TPSA) is 91.2 Å². The van der Waals surface area contributed by atoms with Crippen molar-refractivity contribution in [2.75, 3.05) is 17.2 Å². The van der Waals surface area contributed by atoms with E-state index in [-0.39, 0.29) is 23.8 Å². The number of ether oxygens (including phenoxy) is 1. The van der Waals surface area contributed by atoms with Crippen LogP contribution in [0.1, 0.15) is 22.3 Å². The van der Waals surface area contributed by atoms with Crippen LogP contribution in [0.15, 0.2) is 72.3 Å². The SMILES string of the molecule is Cc1ccc(C)c(NC(=O)COc2cccc(/C=C(\C#N)C(=O)Nc3cccc(C(F)(F)F)c3)c2)c1. The van der Waals surface area contributed by atoms with Gasteiger partial charge in [0, 0.05) is 11.4 Å². The number of nitrogens with zero attached hydrogens (tertiary/aromatic N) is 1. The van der Waals surface area contributed by atoms with Gasteiger partial charge >= 0.3 is 6.18 Å². The van der Waals surface area contributed by atoms with E-state index in [9.17, 15) is 28.0 Å². The van der Waals surface area contributed by atoms with E-state index in [2.05, 4.69) is 10.6 Å². The molecule has 6 nitrogen and oxygen atoms in total. The Labute approximate surface area is 206 Å². The summed E-state index contributed by atoms with van der Waals surface area (Å²) in [5.41, 5.74) is 1.69. The van der Waals surface area contributed by atoms with Gasteiger partial charge in [0.2, 0.25) is 0 Å². The third-order valence-electron chi connectivity index (χ3n) is 5.02. The van der Waals surface area contributed by atoms with Crippen molar-refractivity contribution >= 4 is 29.3 Å². The number of carbonyl (C=O) groups excluding carboxylic acids is 2. The summed E-state index contributed by atoms with van der Waals surface area (Å²) in [7, 11) is 0. The smallest absolute Gasteiger partial charge is 0.416 e. The van der Waals surface area contributed by atoms with Crippen LogP contribution in [-0.2, 0) is 15.8 Å². The first-order chi connectivity index (χ1) is 17.0. The van der Waals surface area contributed by atoms with Crippen molar-refractivity contribution in [2.24, 2.45) is 0 Å². The van der Waals surface area contributed by atoms with Gasteiger partial charge in [-0.25, -0.2) is 0 Å². The second kappa shape index (κ2) is 11.2. The second-order valence-corrected chi connectivity index (χ2v) is 7.93. The highest BCUT2D eigenvalue weighted by Gasteiger charge is 2.30. The van der Waals surface area contributed by atoms with Crippen LogP contribution in [0, 0.1) is 25.2 Å². The lowest BCUT2D eigenvalue weighted by molar-refractivity contribution is -0.137. The number of hydrogen-bond acceptors (Lipinski definition) is 4. The van der Waals surface area contributed by atoms with Crippen LogP contribution in [0.4, 0.5) is 24.5 Å². The monoisotopic (exact) mass is 493 g/mol. The lowest BCUT2D eigenvalue weighted by atomic mass is 10.1. The summed E-state index contributed by atoms with van der Waals surface area (Å²) in [6, 6.07) is 17.9. The van der Waals surface area contributed by atoms with Gasteiger partial charge in [0.15, 0.2) is 6.61 Å². The number of carbonyl (C=O) groups is 2. The quantitative estimate of drug-likeness (QED) is 0.317. The van der Waals surface area contributed by atoms with E-state index < -0.39 is 17.6 Å². The van der Waals surface area contributed by atoms with Gasteiger partial charge < -0.3 is 15.4 Å². The fourth-order valence-electron chi connectivity index (χ4n) is 3.19. The zero-order valence-corrected chi connectivity index (χ0v) is 19.4. The molecular weight excluding hydrogens is 471 g/mol. The Hall–Kier alpha value is -4.58. The van der Waals surface area contributed by atoms with E-state index in [1.165, 1.54) is 18.2 Å². The molecule has 3 rings (SSSR count). The molecule has 9 heteroatoms. The Balaban J connectivity index is 1.66. The minimum Gasteiger partial charge on any atom is -0.484 e. The summed E-state index contributed by atoms with van der Waals surface area (Å²) in [4.78, 5) is 24.8. The summed E-state index contributed by atoms with van der Waals surface area (Å²) >= 11 is 0. The van der Waals surface area contributed by atoms with Crippen LogP contribution < -0.4 is 15.4 Å². The van der Waals surface area contributed by atoms with Crippen molar-refractivity contribution in [3.8, 4) is 11.8 Å². The highest BCUT2D eigenvalue weighted by molar-refractivity contribution is 6.09. The van der Waals surface area contributed by atoms with Crippen LogP contribution in [0.2, 0.25) is 0 Å². The van der Waals surface area contributed by atoms with E-state index in [4.69, 9.17) is 4.74 Å². The van der Waals surface area contributed by atoms with Crippen molar-refractivity contribution in [1.29, 1.82) is 5.26 Å². The van der Waals surface area contributed by atoms with Gasteiger partial charge in [0.25, 0.3) is 11.8 Å².